The van der Waals surface area contributed by atoms with Crippen LogP contribution < -0.4 is 11.1 Å². The quantitative estimate of drug-likeness (QED) is 0.865. The maximum atomic E-state index is 12.3. The number of benzene rings is 1. The van der Waals surface area contributed by atoms with Gasteiger partial charge < -0.3 is 11.1 Å². The summed E-state index contributed by atoms with van der Waals surface area (Å²) < 4.78 is 0. The lowest BCUT2D eigenvalue weighted by molar-refractivity contribution is -0.126. The number of primary amides is 1. The molecule has 1 aromatic rings. The number of nitrogens with one attached hydrogen (secondary N) is 1. The van der Waals surface area contributed by atoms with Gasteiger partial charge in [0, 0.05) is 5.92 Å². The Bertz CT molecular complexity index is 469. The van der Waals surface area contributed by atoms with Crippen molar-refractivity contribution in [3.63, 3.8) is 0 Å². The third kappa shape index (κ3) is 2.59. The van der Waals surface area contributed by atoms with Crippen molar-refractivity contribution in [2.45, 2.75) is 50.0 Å². The van der Waals surface area contributed by atoms with Crippen LogP contribution >= 0.6 is 0 Å². The second-order valence-corrected chi connectivity index (χ2v) is 6.37. The van der Waals surface area contributed by atoms with Crippen LogP contribution in [-0.2, 0) is 4.79 Å². The SMILES string of the molecule is NC(=O)C1(NCC2CC2)CCCCC1c1ccccc1. The Morgan fingerprint density at radius 2 is 1.95 bits per heavy atom. The minimum atomic E-state index is -0.539. The molecule has 0 aromatic heterocycles. The zero-order valence-corrected chi connectivity index (χ0v) is 12.0. The number of carbonyl (C=O) groups excluding carboxylic acids is 1. The second-order valence-electron chi connectivity index (χ2n) is 6.37. The number of rotatable bonds is 5. The maximum Gasteiger partial charge on any atom is 0.238 e. The maximum absolute atomic E-state index is 12.3. The molecule has 3 heteroatoms. The lowest BCUT2D eigenvalue weighted by atomic mass is 9.69. The second kappa shape index (κ2) is 5.57. The molecular formula is C17H24N2O. The molecule has 1 aromatic carbocycles. The van der Waals surface area contributed by atoms with Gasteiger partial charge in [0.2, 0.25) is 5.91 Å². The smallest absolute Gasteiger partial charge is 0.238 e. The molecule has 2 aliphatic rings. The minimum absolute atomic E-state index is 0.174. The first-order valence-electron chi connectivity index (χ1n) is 7.82. The number of hydrogen-bond acceptors (Lipinski definition) is 2. The van der Waals surface area contributed by atoms with Gasteiger partial charge in [-0.1, -0.05) is 43.2 Å². The van der Waals surface area contributed by atoms with Crippen LogP contribution in [0.3, 0.4) is 0 Å². The number of carbonyl (C=O) groups is 1. The van der Waals surface area contributed by atoms with E-state index in [9.17, 15) is 4.79 Å². The Morgan fingerprint density at radius 1 is 1.20 bits per heavy atom. The van der Waals surface area contributed by atoms with E-state index in [-0.39, 0.29) is 11.8 Å². The van der Waals surface area contributed by atoms with Crippen LogP contribution in [0.2, 0.25) is 0 Å². The third-order valence-electron chi connectivity index (χ3n) is 4.95. The molecule has 0 bridgehead atoms. The largest absolute Gasteiger partial charge is 0.368 e. The lowest BCUT2D eigenvalue weighted by Crippen LogP contribution is -2.60. The van der Waals surface area contributed by atoms with Crippen LogP contribution in [0.1, 0.15) is 50.0 Å². The Balaban J connectivity index is 1.88. The summed E-state index contributed by atoms with van der Waals surface area (Å²) >= 11 is 0. The topological polar surface area (TPSA) is 55.1 Å². The molecule has 20 heavy (non-hydrogen) atoms. The van der Waals surface area contributed by atoms with Crippen LogP contribution in [0.5, 0.6) is 0 Å². The summed E-state index contributed by atoms with van der Waals surface area (Å²) in [6.45, 7) is 0.937. The molecule has 0 radical (unpaired) electrons. The van der Waals surface area contributed by atoms with E-state index in [1.807, 2.05) is 6.07 Å². The number of nitrogens with two attached hydrogens (primary N) is 1. The van der Waals surface area contributed by atoms with Crippen molar-refractivity contribution < 1.29 is 4.79 Å². The summed E-state index contributed by atoms with van der Waals surface area (Å²) in [5, 5.41) is 3.57. The van der Waals surface area contributed by atoms with E-state index in [4.69, 9.17) is 5.73 Å². The molecule has 0 spiro atoms. The van der Waals surface area contributed by atoms with Crippen molar-refractivity contribution in [3.8, 4) is 0 Å². The minimum Gasteiger partial charge on any atom is -0.368 e. The van der Waals surface area contributed by atoms with E-state index < -0.39 is 5.54 Å². The van der Waals surface area contributed by atoms with E-state index in [0.29, 0.717) is 0 Å². The Labute approximate surface area is 120 Å². The standard InChI is InChI=1S/C17H24N2O/c18-16(20)17(19-12-13-9-10-13)11-5-4-8-15(17)14-6-2-1-3-7-14/h1-3,6-7,13,15,19H,4-5,8-12H2,(H2,18,20). The van der Waals surface area contributed by atoms with Gasteiger partial charge in [0.15, 0.2) is 0 Å². The van der Waals surface area contributed by atoms with Gasteiger partial charge in [0.25, 0.3) is 0 Å². The molecule has 2 fully saturated rings. The average Bonchev–Trinajstić information content (AvgIpc) is 3.30. The average molecular weight is 272 g/mol. The van der Waals surface area contributed by atoms with Crippen molar-refractivity contribution in [2.24, 2.45) is 11.7 Å². The van der Waals surface area contributed by atoms with Gasteiger partial charge in [-0.15, -0.1) is 0 Å². The van der Waals surface area contributed by atoms with Gasteiger partial charge in [-0.25, -0.2) is 0 Å². The predicted octanol–water partition coefficient (Wildman–Crippen LogP) is 2.57. The molecule has 0 saturated heterocycles. The summed E-state index contributed by atoms with van der Waals surface area (Å²) in [4.78, 5) is 12.3. The molecule has 2 atom stereocenters. The summed E-state index contributed by atoms with van der Waals surface area (Å²) in [6, 6.07) is 10.4. The first-order valence-corrected chi connectivity index (χ1v) is 7.82. The van der Waals surface area contributed by atoms with Crippen molar-refractivity contribution in [3.05, 3.63) is 35.9 Å². The fraction of sp³-hybridized carbons (Fsp3) is 0.588. The third-order valence-corrected chi connectivity index (χ3v) is 4.95. The molecule has 0 heterocycles. The molecular weight excluding hydrogens is 248 g/mol. The van der Waals surface area contributed by atoms with Gasteiger partial charge in [-0.3, -0.25) is 4.79 Å². The van der Waals surface area contributed by atoms with E-state index in [1.165, 1.54) is 24.8 Å². The highest BCUT2D eigenvalue weighted by Crippen LogP contribution is 2.41. The highest BCUT2D eigenvalue weighted by Gasteiger charge is 2.46. The Kier molecular flexibility index (Phi) is 3.79. The molecule has 3 N–H and O–H groups in total. The van der Waals surface area contributed by atoms with Gasteiger partial charge in [-0.05, 0) is 43.7 Å². The van der Waals surface area contributed by atoms with E-state index >= 15 is 0 Å². The molecule has 0 aliphatic heterocycles. The van der Waals surface area contributed by atoms with Crippen molar-refractivity contribution >= 4 is 5.91 Å². The molecule has 2 unspecified atom stereocenters. The van der Waals surface area contributed by atoms with Gasteiger partial charge in [-0.2, -0.15) is 0 Å². The van der Waals surface area contributed by atoms with Crippen molar-refractivity contribution in [1.82, 2.24) is 5.32 Å². The Morgan fingerprint density at radius 3 is 2.60 bits per heavy atom. The Hall–Kier alpha value is -1.35. The zero-order valence-electron chi connectivity index (χ0n) is 12.0. The first-order chi connectivity index (χ1) is 9.72. The summed E-state index contributed by atoms with van der Waals surface area (Å²) in [7, 11) is 0. The predicted molar refractivity (Wildman–Crippen MR) is 80.3 cm³/mol. The van der Waals surface area contributed by atoms with Crippen LogP contribution in [0.15, 0.2) is 30.3 Å². The molecule has 3 nitrogen and oxygen atoms in total. The summed E-state index contributed by atoms with van der Waals surface area (Å²) in [5.41, 5.74) is 6.54. The van der Waals surface area contributed by atoms with E-state index in [0.717, 1.165) is 31.7 Å². The lowest BCUT2D eigenvalue weighted by Gasteiger charge is -2.43. The van der Waals surface area contributed by atoms with Crippen LogP contribution in [0.25, 0.3) is 0 Å². The van der Waals surface area contributed by atoms with Crippen LogP contribution in [-0.4, -0.2) is 18.0 Å². The molecule has 3 rings (SSSR count). The number of hydrogen-bond donors (Lipinski definition) is 2. The monoisotopic (exact) mass is 272 g/mol. The fourth-order valence-electron chi connectivity index (χ4n) is 3.55. The summed E-state index contributed by atoms with van der Waals surface area (Å²) in [5.74, 6) is 0.796. The zero-order chi connectivity index (χ0) is 14.0. The normalized spacial score (nSPS) is 30.1. The molecule has 2 aliphatic carbocycles. The first kappa shape index (κ1) is 13.6. The van der Waals surface area contributed by atoms with Crippen molar-refractivity contribution in [2.75, 3.05) is 6.54 Å². The van der Waals surface area contributed by atoms with Gasteiger partial charge in [0.05, 0.1) is 0 Å². The highest BCUT2D eigenvalue weighted by atomic mass is 16.1. The van der Waals surface area contributed by atoms with Crippen LogP contribution in [0, 0.1) is 5.92 Å². The fourth-order valence-corrected chi connectivity index (χ4v) is 3.55. The van der Waals surface area contributed by atoms with Gasteiger partial charge in [0.1, 0.15) is 5.54 Å². The number of amides is 1. The molecule has 2 saturated carbocycles. The molecule has 108 valence electrons. The molecule has 1 amide bonds. The van der Waals surface area contributed by atoms with Gasteiger partial charge >= 0.3 is 0 Å². The van der Waals surface area contributed by atoms with E-state index in [2.05, 4.69) is 29.6 Å². The van der Waals surface area contributed by atoms with Crippen molar-refractivity contribution in [1.29, 1.82) is 0 Å². The summed E-state index contributed by atoms with van der Waals surface area (Å²) in [6.07, 6.45) is 6.76. The van der Waals surface area contributed by atoms with Crippen LogP contribution in [0.4, 0.5) is 0 Å². The highest BCUT2D eigenvalue weighted by molar-refractivity contribution is 5.86. The van der Waals surface area contributed by atoms with E-state index in [1.54, 1.807) is 0 Å².